The number of nitro groups is 1. The maximum absolute atomic E-state index is 12.6. The van der Waals surface area contributed by atoms with Crippen molar-refractivity contribution >= 4 is 23.1 Å². The van der Waals surface area contributed by atoms with E-state index in [0.29, 0.717) is 50.0 Å². The van der Waals surface area contributed by atoms with Gasteiger partial charge >= 0.3 is 0 Å². The molecule has 0 unspecified atom stereocenters. The van der Waals surface area contributed by atoms with E-state index in [1.54, 1.807) is 12.1 Å². The zero-order chi connectivity index (χ0) is 20.3. The van der Waals surface area contributed by atoms with Crippen LogP contribution in [0.25, 0.3) is 0 Å². The molecular formula is C20H28N4O4. The second-order valence-electron chi connectivity index (χ2n) is 7.71. The summed E-state index contributed by atoms with van der Waals surface area (Å²) >= 11 is 0. The fraction of sp³-hybridized carbons (Fsp3) is 0.600. The standard InChI is InChI=1S/C20H28N4O4/c1-15-5-3-4-8-23(15)20(26)14-21-9-11-22(12-10-21)18-7-6-17(16(2)25)13-19(18)24(27)28/h6-7,13,15H,3-5,8-12,14H2,1-2H3/t15-/m0/s1. The van der Waals surface area contributed by atoms with E-state index in [2.05, 4.69) is 11.8 Å². The van der Waals surface area contributed by atoms with Gasteiger partial charge in [0.05, 0.1) is 11.5 Å². The highest BCUT2D eigenvalue weighted by Crippen LogP contribution is 2.30. The Bertz CT molecular complexity index is 759. The largest absolute Gasteiger partial charge is 0.363 e. The second-order valence-corrected chi connectivity index (χ2v) is 7.71. The van der Waals surface area contributed by atoms with E-state index >= 15 is 0 Å². The molecule has 2 aliphatic rings. The van der Waals surface area contributed by atoms with Crippen molar-refractivity contribution in [1.29, 1.82) is 0 Å². The molecule has 1 atom stereocenters. The van der Waals surface area contributed by atoms with Gasteiger partial charge in [0, 0.05) is 50.4 Å². The number of benzene rings is 1. The monoisotopic (exact) mass is 388 g/mol. The number of nitro benzene ring substituents is 1. The first-order chi connectivity index (χ1) is 13.4. The highest BCUT2D eigenvalue weighted by atomic mass is 16.6. The minimum absolute atomic E-state index is 0.0423. The van der Waals surface area contributed by atoms with Crippen LogP contribution in [0.2, 0.25) is 0 Å². The Morgan fingerprint density at radius 3 is 2.46 bits per heavy atom. The van der Waals surface area contributed by atoms with Gasteiger partial charge in [0.25, 0.3) is 5.69 Å². The zero-order valence-electron chi connectivity index (χ0n) is 16.6. The highest BCUT2D eigenvalue weighted by molar-refractivity contribution is 5.95. The molecule has 0 aromatic heterocycles. The van der Waals surface area contributed by atoms with Gasteiger partial charge in [-0.05, 0) is 45.2 Å². The summed E-state index contributed by atoms with van der Waals surface area (Å²) in [6.45, 7) is 7.35. The maximum Gasteiger partial charge on any atom is 0.293 e. The van der Waals surface area contributed by atoms with Crippen LogP contribution in [0.4, 0.5) is 11.4 Å². The molecule has 8 heteroatoms. The topological polar surface area (TPSA) is 87.0 Å². The average molecular weight is 388 g/mol. The fourth-order valence-corrected chi connectivity index (χ4v) is 4.05. The molecule has 0 saturated carbocycles. The number of ketones is 1. The van der Waals surface area contributed by atoms with E-state index in [9.17, 15) is 19.7 Å². The van der Waals surface area contributed by atoms with Crippen LogP contribution in [0.3, 0.4) is 0 Å². The van der Waals surface area contributed by atoms with Gasteiger partial charge in [-0.2, -0.15) is 0 Å². The molecule has 1 aromatic rings. The molecule has 1 amide bonds. The highest BCUT2D eigenvalue weighted by Gasteiger charge is 2.28. The van der Waals surface area contributed by atoms with Crippen molar-refractivity contribution in [3.05, 3.63) is 33.9 Å². The number of piperidine rings is 1. The van der Waals surface area contributed by atoms with Crippen LogP contribution in [0.15, 0.2) is 18.2 Å². The lowest BCUT2D eigenvalue weighted by molar-refractivity contribution is -0.384. The summed E-state index contributed by atoms with van der Waals surface area (Å²) in [7, 11) is 0. The number of nitrogens with zero attached hydrogens (tertiary/aromatic N) is 4. The van der Waals surface area contributed by atoms with Gasteiger partial charge < -0.3 is 9.80 Å². The van der Waals surface area contributed by atoms with Crippen LogP contribution in [0.1, 0.15) is 43.5 Å². The van der Waals surface area contributed by atoms with Crippen molar-refractivity contribution in [2.45, 2.75) is 39.2 Å². The van der Waals surface area contributed by atoms with Gasteiger partial charge in [-0.1, -0.05) is 0 Å². The molecule has 8 nitrogen and oxygen atoms in total. The summed E-state index contributed by atoms with van der Waals surface area (Å²) in [4.78, 5) is 41.3. The van der Waals surface area contributed by atoms with E-state index in [1.807, 2.05) is 9.80 Å². The first-order valence-corrected chi connectivity index (χ1v) is 9.93. The molecule has 2 aliphatic heterocycles. The molecule has 28 heavy (non-hydrogen) atoms. The summed E-state index contributed by atoms with van der Waals surface area (Å²) in [6, 6.07) is 4.96. The third kappa shape index (κ3) is 4.49. The third-order valence-corrected chi connectivity index (χ3v) is 5.77. The first-order valence-electron chi connectivity index (χ1n) is 9.93. The number of hydrogen-bond donors (Lipinski definition) is 0. The van der Waals surface area contributed by atoms with Crippen molar-refractivity contribution in [2.75, 3.05) is 44.2 Å². The molecule has 2 heterocycles. The van der Waals surface area contributed by atoms with E-state index in [0.717, 1.165) is 19.4 Å². The zero-order valence-corrected chi connectivity index (χ0v) is 16.6. The van der Waals surface area contributed by atoms with Gasteiger partial charge in [-0.3, -0.25) is 24.6 Å². The molecule has 0 radical (unpaired) electrons. The molecule has 0 aliphatic carbocycles. The lowest BCUT2D eigenvalue weighted by Crippen LogP contribution is -2.52. The van der Waals surface area contributed by atoms with Crippen molar-refractivity contribution in [3.63, 3.8) is 0 Å². The number of amides is 1. The summed E-state index contributed by atoms with van der Waals surface area (Å²) in [6.07, 6.45) is 3.33. The molecular weight excluding hydrogens is 360 g/mol. The quantitative estimate of drug-likeness (QED) is 0.437. The number of anilines is 1. The Morgan fingerprint density at radius 2 is 1.86 bits per heavy atom. The molecule has 2 saturated heterocycles. The third-order valence-electron chi connectivity index (χ3n) is 5.77. The van der Waals surface area contributed by atoms with Crippen molar-refractivity contribution in [1.82, 2.24) is 9.80 Å². The maximum atomic E-state index is 12.6. The number of carbonyl (C=O) groups is 2. The average Bonchev–Trinajstić information content (AvgIpc) is 2.68. The predicted octanol–water partition coefficient (Wildman–Crippen LogP) is 2.32. The van der Waals surface area contributed by atoms with Crippen LogP contribution < -0.4 is 4.90 Å². The van der Waals surface area contributed by atoms with Crippen molar-refractivity contribution < 1.29 is 14.5 Å². The molecule has 152 valence electrons. The number of carbonyl (C=O) groups excluding carboxylic acids is 2. The van der Waals surface area contributed by atoms with Crippen molar-refractivity contribution in [3.8, 4) is 0 Å². The summed E-state index contributed by atoms with van der Waals surface area (Å²) < 4.78 is 0. The van der Waals surface area contributed by atoms with Gasteiger partial charge in [-0.25, -0.2) is 0 Å². The van der Waals surface area contributed by atoms with Crippen LogP contribution in [0.5, 0.6) is 0 Å². The lowest BCUT2D eigenvalue weighted by atomic mass is 10.0. The van der Waals surface area contributed by atoms with Crippen LogP contribution in [-0.4, -0.2) is 71.7 Å². The van der Waals surface area contributed by atoms with Gasteiger partial charge in [0.2, 0.25) is 5.91 Å². The normalized spacial score (nSPS) is 20.9. The molecule has 0 bridgehead atoms. The van der Waals surface area contributed by atoms with Gasteiger partial charge in [-0.15, -0.1) is 0 Å². The fourth-order valence-electron chi connectivity index (χ4n) is 4.05. The first kappa shape index (κ1) is 20.3. The minimum Gasteiger partial charge on any atom is -0.363 e. The van der Waals surface area contributed by atoms with Gasteiger partial charge in [0.15, 0.2) is 5.78 Å². The molecule has 0 N–H and O–H groups in total. The molecule has 1 aromatic carbocycles. The van der Waals surface area contributed by atoms with Crippen LogP contribution in [0, 0.1) is 10.1 Å². The number of Topliss-reactive ketones (excluding diaryl/α,β-unsaturated/α-hetero) is 1. The SMILES string of the molecule is CC(=O)c1ccc(N2CCN(CC(=O)N3CCCC[C@@H]3C)CC2)c([N+](=O)[O-])c1. The number of rotatable bonds is 5. The Hall–Kier alpha value is -2.48. The Morgan fingerprint density at radius 1 is 1.14 bits per heavy atom. The molecule has 0 spiro atoms. The molecule has 3 rings (SSSR count). The number of piperazine rings is 1. The lowest BCUT2D eigenvalue weighted by Gasteiger charge is -2.38. The minimum atomic E-state index is -0.435. The van der Waals surface area contributed by atoms with Crippen molar-refractivity contribution in [2.24, 2.45) is 0 Å². The molecule has 2 fully saturated rings. The van der Waals surface area contributed by atoms with Gasteiger partial charge in [0.1, 0.15) is 5.69 Å². The Labute approximate surface area is 165 Å². The number of hydrogen-bond acceptors (Lipinski definition) is 6. The Kier molecular flexibility index (Phi) is 6.28. The van der Waals surface area contributed by atoms with E-state index < -0.39 is 4.92 Å². The van der Waals surface area contributed by atoms with Crippen LogP contribution in [-0.2, 0) is 4.79 Å². The van der Waals surface area contributed by atoms with E-state index in [1.165, 1.54) is 19.4 Å². The smallest absolute Gasteiger partial charge is 0.293 e. The second kappa shape index (κ2) is 8.68. The van der Waals surface area contributed by atoms with E-state index in [4.69, 9.17) is 0 Å². The summed E-state index contributed by atoms with van der Waals surface area (Å²) in [5, 5.41) is 11.5. The summed E-state index contributed by atoms with van der Waals surface area (Å²) in [5.41, 5.74) is 0.834. The Balaban J connectivity index is 1.61. The number of likely N-dealkylation sites (tertiary alicyclic amines) is 1. The van der Waals surface area contributed by atoms with E-state index in [-0.39, 0.29) is 17.4 Å². The summed E-state index contributed by atoms with van der Waals surface area (Å²) in [5.74, 6) is -0.0117. The van der Waals surface area contributed by atoms with Crippen LogP contribution >= 0.6 is 0 Å². The predicted molar refractivity (Wildman–Crippen MR) is 107 cm³/mol.